The lowest BCUT2D eigenvalue weighted by molar-refractivity contribution is 0.368. The number of aliphatic imine (C=N–C) groups is 1. The van der Waals surface area contributed by atoms with Gasteiger partial charge in [0.15, 0.2) is 0 Å². The van der Waals surface area contributed by atoms with Gasteiger partial charge in [-0.3, -0.25) is 0 Å². The second-order valence-corrected chi connectivity index (χ2v) is 9.89. The Balaban J connectivity index is 3.46. The Morgan fingerprint density at radius 3 is 2.00 bits per heavy atom. The van der Waals surface area contributed by atoms with E-state index in [2.05, 4.69) is 41.5 Å². The lowest BCUT2D eigenvalue weighted by Crippen LogP contribution is -2.43. The Bertz CT molecular complexity index is 518. The van der Waals surface area contributed by atoms with Gasteiger partial charge in [0.2, 0.25) is 0 Å². The molecule has 0 aliphatic rings. The highest BCUT2D eigenvalue weighted by atomic mass is 35.5. The van der Waals surface area contributed by atoms with Crippen LogP contribution >= 0.6 is 46.7 Å². The van der Waals surface area contributed by atoms with Crippen LogP contribution in [0, 0.1) is 5.41 Å². The molecule has 0 amide bonds. The number of hydrogen-bond acceptors (Lipinski definition) is 3. The number of thioether (sulfide) groups is 2. The SMILES string of the molecule is CCSC(=Nc1c(Cl)cccc1Cl)C(C)(SCC)C(C)(C)C. The summed E-state index contributed by atoms with van der Waals surface area (Å²) in [4.78, 5) is 4.90. The zero-order chi connectivity index (χ0) is 17.0. The minimum Gasteiger partial charge on any atom is -0.242 e. The highest BCUT2D eigenvalue weighted by Gasteiger charge is 2.42. The van der Waals surface area contributed by atoms with Crippen molar-refractivity contribution >= 4 is 57.5 Å². The van der Waals surface area contributed by atoms with E-state index in [1.807, 2.05) is 30.0 Å². The molecule has 22 heavy (non-hydrogen) atoms. The first-order valence-electron chi connectivity index (χ1n) is 7.47. The van der Waals surface area contributed by atoms with E-state index in [-0.39, 0.29) is 10.2 Å². The first kappa shape index (κ1) is 20.2. The van der Waals surface area contributed by atoms with E-state index in [1.54, 1.807) is 11.8 Å². The molecule has 0 saturated carbocycles. The molecular weight excluding hydrogens is 353 g/mol. The van der Waals surface area contributed by atoms with Crippen molar-refractivity contribution in [2.24, 2.45) is 10.4 Å². The largest absolute Gasteiger partial charge is 0.242 e. The summed E-state index contributed by atoms with van der Waals surface area (Å²) in [6.45, 7) is 13.4. The summed E-state index contributed by atoms with van der Waals surface area (Å²) in [7, 11) is 0. The van der Waals surface area contributed by atoms with Crippen molar-refractivity contribution in [2.45, 2.75) is 46.3 Å². The van der Waals surface area contributed by atoms with Crippen molar-refractivity contribution in [2.75, 3.05) is 11.5 Å². The summed E-state index contributed by atoms with van der Waals surface area (Å²) in [5, 5.41) is 2.28. The quantitative estimate of drug-likeness (QED) is 0.393. The molecule has 0 bridgehead atoms. The van der Waals surface area contributed by atoms with Crippen molar-refractivity contribution in [3.63, 3.8) is 0 Å². The van der Waals surface area contributed by atoms with Gasteiger partial charge < -0.3 is 0 Å². The molecule has 124 valence electrons. The molecule has 5 heteroatoms. The van der Waals surface area contributed by atoms with E-state index in [1.165, 1.54) is 0 Å². The molecule has 0 aromatic heterocycles. The number of hydrogen-bond donors (Lipinski definition) is 0. The van der Waals surface area contributed by atoms with Crippen molar-refractivity contribution < 1.29 is 0 Å². The van der Waals surface area contributed by atoms with E-state index < -0.39 is 0 Å². The molecule has 0 aliphatic heterocycles. The first-order chi connectivity index (χ1) is 10.2. The molecule has 1 atom stereocenters. The molecule has 0 spiro atoms. The first-order valence-corrected chi connectivity index (χ1v) is 10.2. The Morgan fingerprint density at radius 1 is 1.05 bits per heavy atom. The molecule has 1 aromatic carbocycles. The number of benzene rings is 1. The lowest BCUT2D eigenvalue weighted by atomic mass is 9.81. The van der Waals surface area contributed by atoms with Gasteiger partial charge in [-0.05, 0) is 36.0 Å². The van der Waals surface area contributed by atoms with Crippen LogP contribution in [-0.4, -0.2) is 21.3 Å². The van der Waals surface area contributed by atoms with Gasteiger partial charge in [0.05, 0.1) is 19.8 Å². The highest BCUT2D eigenvalue weighted by Crippen LogP contribution is 2.47. The topological polar surface area (TPSA) is 12.4 Å². The van der Waals surface area contributed by atoms with E-state index in [4.69, 9.17) is 28.2 Å². The van der Waals surface area contributed by atoms with Crippen LogP contribution in [0.4, 0.5) is 5.69 Å². The third-order valence-electron chi connectivity index (χ3n) is 3.70. The van der Waals surface area contributed by atoms with Crippen LogP contribution < -0.4 is 0 Å². The summed E-state index contributed by atoms with van der Waals surface area (Å²) in [6, 6.07) is 5.52. The Labute approximate surface area is 153 Å². The third-order valence-corrected chi connectivity index (χ3v) is 7.18. The number of rotatable bonds is 5. The van der Waals surface area contributed by atoms with Gasteiger partial charge in [-0.25, -0.2) is 4.99 Å². The minimum atomic E-state index is -0.0923. The standard InChI is InChI=1S/C17H25Cl2NS2/c1-7-21-15(17(6,22-8-2)16(3,4)5)20-14-12(18)10-9-11-13(14)19/h9-11H,7-8H2,1-6H3. The summed E-state index contributed by atoms with van der Waals surface area (Å²) in [5.41, 5.74) is 0.747. The predicted molar refractivity (Wildman–Crippen MR) is 108 cm³/mol. The second-order valence-electron chi connectivity index (χ2n) is 6.14. The summed E-state index contributed by atoms with van der Waals surface area (Å²) in [5.74, 6) is 2.00. The molecule has 1 unspecified atom stereocenters. The smallest absolute Gasteiger partial charge is 0.101 e. The van der Waals surface area contributed by atoms with E-state index in [0.717, 1.165) is 16.5 Å². The van der Waals surface area contributed by atoms with Crippen LogP contribution in [0.25, 0.3) is 0 Å². The van der Waals surface area contributed by atoms with Crippen LogP contribution in [0.2, 0.25) is 10.0 Å². The molecule has 0 fully saturated rings. The van der Waals surface area contributed by atoms with Crippen molar-refractivity contribution in [3.8, 4) is 0 Å². The van der Waals surface area contributed by atoms with Gasteiger partial charge in [0.25, 0.3) is 0 Å². The van der Waals surface area contributed by atoms with Gasteiger partial charge in [-0.15, -0.1) is 23.5 Å². The molecule has 1 rings (SSSR count). The zero-order valence-electron chi connectivity index (χ0n) is 14.2. The van der Waals surface area contributed by atoms with Gasteiger partial charge in [-0.2, -0.15) is 0 Å². The molecule has 0 heterocycles. The molecule has 1 aromatic rings. The van der Waals surface area contributed by atoms with Crippen LogP contribution in [0.5, 0.6) is 0 Å². The minimum absolute atomic E-state index is 0.0718. The van der Waals surface area contributed by atoms with Gasteiger partial charge >= 0.3 is 0 Å². The third kappa shape index (κ3) is 4.59. The monoisotopic (exact) mass is 377 g/mol. The highest BCUT2D eigenvalue weighted by molar-refractivity contribution is 8.16. The van der Waals surface area contributed by atoms with E-state index >= 15 is 0 Å². The molecule has 0 N–H and O–H groups in total. The predicted octanol–water partition coefficient (Wildman–Crippen LogP) is 7.33. The Kier molecular flexibility index (Phi) is 7.65. The van der Waals surface area contributed by atoms with Crippen LogP contribution in [0.3, 0.4) is 0 Å². The average molecular weight is 378 g/mol. The molecule has 0 radical (unpaired) electrons. The maximum absolute atomic E-state index is 6.31. The second kappa shape index (κ2) is 8.32. The lowest BCUT2D eigenvalue weighted by Gasteiger charge is -2.42. The van der Waals surface area contributed by atoms with Crippen molar-refractivity contribution in [1.82, 2.24) is 0 Å². The normalized spacial score (nSPS) is 15.7. The molecule has 0 aliphatic carbocycles. The average Bonchev–Trinajstić information content (AvgIpc) is 2.40. The van der Waals surface area contributed by atoms with Crippen LogP contribution in [-0.2, 0) is 0 Å². The Morgan fingerprint density at radius 2 is 1.59 bits per heavy atom. The number of halogens is 2. The van der Waals surface area contributed by atoms with Crippen molar-refractivity contribution in [1.29, 1.82) is 0 Å². The van der Waals surface area contributed by atoms with Gasteiger partial charge in [0.1, 0.15) is 5.69 Å². The van der Waals surface area contributed by atoms with E-state index in [0.29, 0.717) is 15.7 Å². The number of nitrogens with zero attached hydrogens (tertiary/aromatic N) is 1. The molecule has 0 saturated heterocycles. The van der Waals surface area contributed by atoms with Crippen molar-refractivity contribution in [3.05, 3.63) is 28.2 Å². The molecular formula is C17H25Cl2NS2. The van der Waals surface area contributed by atoms with Crippen LogP contribution in [0.1, 0.15) is 41.5 Å². The van der Waals surface area contributed by atoms with E-state index in [9.17, 15) is 0 Å². The zero-order valence-corrected chi connectivity index (χ0v) is 17.3. The fraction of sp³-hybridized carbons (Fsp3) is 0.588. The fourth-order valence-corrected chi connectivity index (χ4v) is 5.02. The van der Waals surface area contributed by atoms with Gasteiger partial charge in [0, 0.05) is 0 Å². The number of para-hydroxylation sites is 1. The summed E-state index contributed by atoms with van der Waals surface area (Å²) >= 11 is 16.3. The Hall–Kier alpha value is 0.170. The molecule has 1 nitrogen and oxygen atoms in total. The van der Waals surface area contributed by atoms with Gasteiger partial charge in [-0.1, -0.05) is 63.9 Å². The maximum Gasteiger partial charge on any atom is 0.101 e. The maximum atomic E-state index is 6.31. The van der Waals surface area contributed by atoms with Crippen LogP contribution in [0.15, 0.2) is 23.2 Å². The summed E-state index contributed by atoms with van der Waals surface area (Å²) < 4.78 is -0.0923. The summed E-state index contributed by atoms with van der Waals surface area (Å²) in [6.07, 6.45) is 0. The fourth-order valence-electron chi connectivity index (χ4n) is 2.00.